The number of hydrogen-bond donors (Lipinski definition) is 2. The van der Waals surface area contributed by atoms with Gasteiger partial charge < -0.3 is 15.4 Å². The minimum Gasteiger partial charge on any atom is -0.368 e. The van der Waals surface area contributed by atoms with Gasteiger partial charge in [-0.05, 0) is 37.5 Å². The lowest BCUT2D eigenvalue weighted by Gasteiger charge is -2.13. The van der Waals surface area contributed by atoms with Crippen LogP contribution in [0.1, 0.15) is 42.6 Å². The van der Waals surface area contributed by atoms with Crippen molar-refractivity contribution in [2.75, 3.05) is 13.2 Å². The number of nitrogens with one attached hydrogen (secondary N) is 2. The van der Waals surface area contributed by atoms with Gasteiger partial charge in [-0.15, -0.1) is 6.58 Å². The summed E-state index contributed by atoms with van der Waals surface area (Å²) in [5.74, 6) is -0.268. The summed E-state index contributed by atoms with van der Waals surface area (Å²) >= 11 is 0. The van der Waals surface area contributed by atoms with Gasteiger partial charge in [0.05, 0.1) is 6.61 Å². The van der Waals surface area contributed by atoms with Gasteiger partial charge in [-0.1, -0.05) is 25.1 Å². The van der Waals surface area contributed by atoms with Crippen LogP contribution in [-0.2, 0) is 16.1 Å². The third-order valence-corrected chi connectivity index (χ3v) is 3.25. The van der Waals surface area contributed by atoms with Gasteiger partial charge in [0.2, 0.25) is 5.91 Å². The van der Waals surface area contributed by atoms with Crippen LogP contribution in [0.5, 0.6) is 0 Å². The third kappa shape index (κ3) is 7.10. The highest BCUT2D eigenvalue weighted by Gasteiger charge is 2.12. The summed E-state index contributed by atoms with van der Waals surface area (Å²) in [6.45, 7) is 8.82. The van der Waals surface area contributed by atoms with E-state index in [1.807, 2.05) is 19.1 Å². The molecule has 2 N–H and O–H groups in total. The molecule has 2 amide bonds. The van der Waals surface area contributed by atoms with Crippen molar-refractivity contribution in [3.8, 4) is 0 Å². The van der Waals surface area contributed by atoms with Crippen LogP contribution >= 0.6 is 0 Å². The molecule has 23 heavy (non-hydrogen) atoms. The lowest BCUT2D eigenvalue weighted by molar-refractivity contribution is -0.131. The fraction of sp³-hybridized carbons (Fsp3) is 0.444. The van der Waals surface area contributed by atoms with Crippen molar-refractivity contribution < 1.29 is 14.3 Å². The molecule has 1 atom stereocenters. The lowest BCUT2D eigenvalue weighted by Crippen LogP contribution is -2.34. The molecule has 0 radical (unpaired) electrons. The predicted octanol–water partition coefficient (Wildman–Crippen LogP) is 2.42. The highest BCUT2D eigenvalue weighted by atomic mass is 16.5. The number of rotatable bonds is 10. The molecule has 0 saturated heterocycles. The van der Waals surface area contributed by atoms with Gasteiger partial charge >= 0.3 is 0 Å². The van der Waals surface area contributed by atoms with Crippen molar-refractivity contribution in [3.63, 3.8) is 0 Å². The Morgan fingerprint density at radius 2 is 2.13 bits per heavy atom. The van der Waals surface area contributed by atoms with Crippen LogP contribution in [0.15, 0.2) is 36.9 Å². The Morgan fingerprint density at radius 3 is 2.83 bits per heavy atom. The summed E-state index contributed by atoms with van der Waals surface area (Å²) in [5.41, 5.74) is 1.47. The predicted molar refractivity (Wildman–Crippen MR) is 91.1 cm³/mol. The van der Waals surface area contributed by atoms with Crippen molar-refractivity contribution in [1.29, 1.82) is 0 Å². The number of benzene rings is 1. The smallest absolute Gasteiger partial charge is 0.251 e. The zero-order valence-corrected chi connectivity index (χ0v) is 13.9. The van der Waals surface area contributed by atoms with Crippen molar-refractivity contribution >= 4 is 11.8 Å². The average Bonchev–Trinajstić information content (AvgIpc) is 2.57. The molecule has 0 aromatic heterocycles. The molecule has 126 valence electrons. The van der Waals surface area contributed by atoms with E-state index in [1.165, 1.54) is 0 Å². The van der Waals surface area contributed by atoms with Gasteiger partial charge in [0.1, 0.15) is 6.10 Å². The molecule has 0 heterocycles. The van der Waals surface area contributed by atoms with Crippen molar-refractivity contribution in [1.82, 2.24) is 10.6 Å². The van der Waals surface area contributed by atoms with E-state index in [0.29, 0.717) is 31.7 Å². The first-order valence-corrected chi connectivity index (χ1v) is 7.95. The summed E-state index contributed by atoms with van der Waals surface area (Å²) in [5, 5.41) is 5.65. The average molecular weight is 318 g/mol. The quantitative estimate of drug-likeness (QED) is 0.514. The summed E-state index contributed by atoms with van der Waals surface area (Å²) in [6, 6.07) is 7.23. The second-order valence-electron chi connectivity index (χ2n) is 5.26. The number of ether oxygens (including phenoxy) is 1. The van der Waals surface area contributed by atoms with Crippen LogP contribution in [0.3, 0.4) is 0 Å². The molecule has 0 aliphatic carbocycles. The first-order chi connectivity index (χ1) is 11.1. The zero-order chi connectivity index (χ0) is 17.1. The lowest BCUT2D eigenvalue weighted by atomic mass is 10.1. The maximum Gasteiger partial charge on any atom is 0.251 e. The van der Waals surface area contributed by atoms with Gasteiger partial charge in [0, 0.05) is 18.7 Å². The number of hydrogen-bond acceptors (Lipinski definition) is 3. The van der Waals surface area contributed by atoms with Crippen molar-refractivity contribution in [2.24, 2.45) is 0 Å². The summed E-state index contributed by atoms with van der Waals surface area (Å²) in [4.78, 5) is 23.9. The van der Waals surface area contributed by atoms with Crippen LogP contribution in [0.2, 0.25) is 0 Å². The Hall–Kier alpha value is -2.14. The molecule has 0 aliphatic heterocycles. The second kappa shape index (κ2) is 10.6. The largest absolute Gasteiger partial charge is 0.368 e. The second-order valence-corrected chi connectivity index (χ2v) is 5.26. The Kier molecular flexibility index (Phi) is 8.68. The first-order valence-electron chi connectivity index (χ1n) is 7.95. The molecule has 0 bridgehead atoms. The molecule has 1 rings (SSSR count). The maximum absolute atomic E-state index is 11.9. The van der Waals surface area contributed by atoms with E-state index in [9.17, 15) is 9.59 Å². The van der Waals surface area contributed by atoms with E-state index in [1.54, 1.807) is 25.1 Å². The van der Waals surface area contributed by atoms with Crippen LogP contribution < -0.4 is 10.6 Å². The Bertz CT molecular complexity index is 529. The van der Waals surface area contributed by atoms with E-state index in [-0.39, 0.29) is 11.8 Å². The third-order valence-electron chi connectivity index (χ3n) is 3.25. The van der Waals surface area contributed by atoms with Crippen LogP contribution in [0.4, 0.5) is 0 Å². The monoisotopic (exact) mass is 318 g/mol. The Labute approximate surface area is 138 Å². The Morgan fingerprint density at radius 1 is 1.35 bits per heavy atom. The normalized spacial score (nSPS) is 11.6. The molecular formula is C18H26N2O3. The molecular weight excluding hydrogens is 292 g/mol. The molecule has 1 aromatic rings. The molecule has 1 aromatic carbocycles. The highest BCUT2D eigenvalue weighted by Crippen LogP contribution is 2.06. The number of carbonyl (C=O) groups excluding carboxylic acids is 2. The molecule has 0 saturated carbocycles. The molecule has 5 nitrogen and oxygen atoms in total. The molecule has 0 aliphatic rings. The van der Waals surface area contributed by atoms with E-state index < -0.39 is 6.10 Å². The summed E-state index contributed by atoms with van der Waals surface area (Å²) in [6.07, 6.45) is 2.85. The van der Waals surface area contributed by atoms with E-state index in [4.69, 9.17) is 4.74 Å². The van der Waals surface area contributed by atoms with Crippen LogP contribution in [-0.4, -0.2) is 31.1 Å². The van der Waals surface area contributed by atoms with Crippen LogP contribution in [0.25, 0.3) is 0 Å². The van der Waals surface area contributed by atoms with E-state index >= 15 is 0 Å². The molecule has 0 fully saturated rings. The van der Waals surface area contributed by atoms with Gasteiger partial charge in [-0.25, -0.2) is 0 Å². The number of carbonyl (C=O) groups is 2. The fourth-order valence-electron chi connectivity index (χ4n) is 1.90. The van der Waals surface area contributed by atoms with Gasteiger partial charge in [-0.3, -0.25) is 9.59 Å². The van der Waals surface area contributed by atoms with Gasteiger partial charge in [-0.2, -0.15) is 0 Å². The zero-order valence-electron chi connectivity index (χ0n) is 13.9. The van der Waals surface area contributed by atoms with Crippen molar-refractivity contribution in [3.05, 3.63) is 48.0 Å². The standard InChI is InChI=1S/C18H26N2O3/c1-4-6-11-23-14(3)17(21)20-13-15-8-7-9-16(12-15)18(22)19-10-5-2/h4,7-9,12,14H,1,5-6,10-11,13H2,2-3H3,(H,19,22)(H,20,21). The first kappa shape index (κ1) is 18.9. The summed E-state index contributed by atoms with van der Waals surface area (Å²) in [7, 11) is 0. The van der Waals surface area contributed by atoms with Gasteiger partial charge in [0.25, 0.3) is 5.91 Å². The Balaban J connectivity index is 2.49. The van der Waals surface area contributed by atoms with Crippen molar-refractivity contribution in [2.45, 2.75) is 39.3 Å². The SMILES string of the molecule is C=CCCOC(C)C(=O)NCc1cccc(C(=O)NCCC)c1. The maximum atomic E-state index is 11.9. The fourth-order valence-corrected chi connectivity index (χ4v) is 1.90. The molecule has 1 unspecified atom stereocenters. The minimum atomic E-state index is -0.508. The molecule has 5 heteroatoms. The van der Waals surface area contributed by atoms with Crippen LogP contribution in [0, 0.1) is 0 Å². The van der Waals surface area contributed by atoms with E-state index in [0.717, 1.165) is 12.0 Å². The van der Waals surface area contributed by atoms with E-state index in [2.05, 4.69) is 17.2 Å². The number of amides is 2. The molecule has 0 spiro atoms. The topological polar surface area (TPSA) is 67.4 Å². The minimum absolute atomic E-state index is 0.0962. The highest BCUT2D eigenvalue weighted by molar-refractivity contribution is 5.94. The van der Waals surface area contributed by atoms with Gasteiger partial charge in [0.15, 0.2) is 0 Å². The summed E-state index contributed by atoms with van der Waals surface area (Å²) < 4.78 is 5.39.